The van der Waals surface area contributed by atoms with Crippen molar-refractivity contribution in [3.63, 3.8) is 0 Å². The van der Waals surface area contributed by atoms with Crippen LogP contribution in [-0.4, -0.2) is 50.0 Å². The van der Waals surface area contributed by atoms with Crippen LogP contribution in [0.1, 0.15) is 63.5 Å². The Balaban J connectivity index is 1.37. The highest BCUT2D eigenvalue weighted by Crippen LogP contribution is 2.38. The van der Waals surface area contributed by atoms with Gasteiger partial charge in [-0.05, 0) is 50.7 Å². The average Bonchev–Trinajstić information content (AvgIpc) is 3.23. The van der Waals surface area contributed by atoms with Crippen LogP contribution >= 0.6 is 0 Å². The molecule has 0 aromatic carbocycles. The van der Waals surface area contributed by atoms with Crippen molar-refractivity contribution in [2.24, 2.45) is 4.99 Å². The first kappa shape index (κ1) is 19.8. The first-order chi connectivity index (χ1) is 13.8. The van der Waals surface area contributed by atoms with Crippen molar-refractivity contribution in [1.82, 2.24) is 10.6 Å². The Morgan fingerprint density at radius 1 is 1.04 bits per heavy atom. The fourth-order valence-electron chi connectivity index (χ4n) is 4.79. The zero-order valence-corrected chi connectivity index (χ0v) is 17.0. The monoisotopic (exact) mass is 389 g/mol. The maximum Gasteiger partial charge on any atom is 0.191 e. The lowest BCUT2D eigenvalue weighted by Crippen LogP contribution is -2.54. The SMILES string of the molecule is c1coc(CCN=C(NC2CCOCC2)NC2CCOC3(CCCCC3)C2)c1. The van der Waals surface area contributed by atoms with Crippen LogP contribution in [0.2, 0.25) is 0 Å². The predicted octanol–water partition coefficient (Wildman–Crippen LogP) is 3.42. The molecule has 3 aliphatic rings. The molecule has 0 radical (unpaired) electrons. The van der Waals surface area contributed by atoms with Crippen LogP contribution in [0, 0.1) is 0 Å². The van der Waals surface area contributed by atoms with E-state index in [1.165, 1.54) is 32.1 Å². The summed E-state index contributed by atoms with van der Waals surface area (Å²) in [6.07, 6.45) is 13.2. The molecule has 6 heteroatoms. The van der Waals surface area contributed by atoms with Crippen LogP contribution in [0.4, 0.5) is 0 Å². The zero-order chi connectivity index (χ0) is 19.1. The summed E-state index contributed by atoms with van der Waals surface area (Å²) in [5.74, 6) is 1.93. The van der Waals surface area contributed by atoms with E-state index in [2.05, 4.69) is 10.6 Å². The normalized spacial score (nSPS) is 26.3. The Kier molecular flexibility index (Phi) is 6.91. The van der Waals surface area contributed by atoms with Gasteiger partial charge in [0.15, 0.2) is 5.96 Å². The maximum atomic E-state index is 6.27. The third-order valence-corrected chi connectivity index (χ3v) is 6.37. The molecule has 1 atom stereocenters. The van der Waals surface area contributed by atoms with Crippen LogP contribution in [0.25, 0.3) is 0 Å². The molecular formula is C22H35N3O3. The first-order valence-corrected chi connectivity index (χ1v) is 11.1. The summed E-state index contributed by atoms with van der Waals surface area (Å²) in [6.45, 7) is 3.24. The van der Waals surface area contributed by atoms with Gasteiger partial charge in [-0.15, -0.1) is 0 Å². The van der Waals surface area contributed by atoms with Gasteiger partial charge in [-0.2, -0.15) is 0 Å². The molecule has 3 heterocycles. The van der Waals surface area contributed by atoms with Crippen LogP contribution in [0.15, 0.2) is 27.8 Å². The molecule has 1 spiro atoms. The van der Waals surface area contributed by atoms with Crippen LogP contribution in [0.3, 0.4) is 0 Å². The third kappa shape index (κ3) is 5.51. The molecule has 1 aliphatic carbocycles. The van der Waals surface area contributed by atoms with E-state index >= 15 is 0 Å². The highest BCUT2D eigenvalue weighted by atomic mass is 16.5. The Labute approximate surface area is 168 Å². The van der Waals surface area contributed by atoms with Crippen LogP contribution in [-0.2, 0) is 15.9 Å². The Hall–Kier alpha value is -1.53. The Bertz CT molecular complexity index is 599. The molecule has 0 bridgehead atoms. The molecule has 28 heavy (non-hydrogen) atoms. The Morgan fingerprint density at radius 3 is 2.61 bits per heavy atom. The predicted molar refractivity (Wildman–Crippen MR) is 110 cm³/mol. The number of guanidine groups is 1. The maximum absolute atomic E-state index is 6.27. The smallest absolute Gasteiger partial charge is 0.191 e. The minimum Gasteiger partial charge on any atom is -0.469 e. The molecular weight excluding hydrogens is 354 g/mol. The number of hydrogen-bond donors (Lipinski definition) is 2. The van der Waals surface area contributed by atoms with Crippen molar-refractivity contribution in [2.75, 3.05) is 26.4 Å². The van der Waals surface area contributed by atoms with E-state index in [9.17, 15) is 0 Å². The summed E-state index contributed by atoms with van der Waals surface area (Å²) in [5.41, 5.74) is 0.103. The van der Waals surface area contributed by atoms with Crippen molar-refractivity contribution in [3.8, 4) is 0 Å². The highest BCUT2D eigenvalue weighted by Gasteiger charge is 2.38. The molecule has 2 aliphatic heterocycles. The number of rotatable bonds is 5. The van der Waals surface area contributed by atoms with Crippen LogP contribution in [0.5, 0.6) is 0 Å². The van der Waals surface area contributed by atoms with E-state index in [1.807, 2.05) is 12.1 Å². The molecule has 2 saturated heterocycles. The van der Waals surface area contributed by atoms with Crippen molar-refractivity contribution < 1.29 is 13.9 Å². The summed E-state index contributed by atoms with van der Waals surface area (Å²) in [4.78, 5) is 4.87. The average molecular weight is 390 g/mol. The number of ether oxygens (including phenoxy) is 2. The molecule has 1 aromatic heterocycles. The van der Waals surface area contributed by atoms with Gasteiger partial charge in [0.25, 0.3) is 0 Å². The largest absolute Gasteiger partial charge is 0.469 e. The van der Waals surface area contributed by atoms with E-state index in [1.54, 1.807) is 6.26 Å². The van der Waals surface area contributed by atoms with Gasteiger partial charge in [-0.3, -0.25) is 4.99 Å². The molecule has 156 valence electrons. The lowest BCUT2D eigenvalue weighted by atomic mass is 9.78. The van der Waals surface area contributed by atoms with Crippen molar-refractivity contribution in [1.29, 1.82) is 0 Å². The summed E-state index contributed by atoms with van der Waals surface area (Å²) >= 11 is 0. The molecule has 4 rings (SSSR count). The van der Waals surface area contributed by atoms with E-state index in [0.717, 1.165) is 70.2 Å². The van der Waals surface area contributed by atoms with Gasteiger partial charge in [-0.1, -0.05) is 19.3 Å². The molecule has 1 unspecified atom stereocenters. The van der Waals surface area contributed by atoms with Crippen molar-refractivity contribution in [2.45, 2.75) is 81.9 Å². The zero-order valence-electron chi connectivity index (χ0n) is 17.0. The van der Waals surface area contributed by atoms with Gasteiger partial charge in [0.2, 0.25) is 0 Å². The van der Waals surface area contributed by atoms with Crippen molar-refractivity contribution in [3.05, 3.63) is 24.2 Å². The molecule has 6 nitrogen and oxygen atoms in total. The summed E-state index contributed by atoms with van der Waals surface area (Å²) in [6, 6.07) is 4.82. The van der Waals surface area contributed by atoms with E-state index in [4.69, 9.17) is 18.9 Å². The first-order valence-electron chi connectivity index (χ1n) is 11.1. The van der Waals surface area contributed by atoms with Crippen LogP contribution < -0.4 is 10.6 Å². The number of nitrogens with zero attached hydrogens (tertiary/aromatic N) is 1. The molecule has 2 N–H and O–H groups in total. The standard InChI is InChI=1S/C22H35N3O3/c1-2-10-22(11-3-1)17-19(9-16-28-22)25-21(24-18-7-14-26-15-8-18)23-12-6-20-5-4-13-27-20/h4-5,13,18-19H,1-3,6-12,14-17H2,(H2,23,24,25). The van der Waals surface area contributed by atoms with E-state index < -0.39 is 0 Å². The van der Waals surface area contributed by atoms with Gasteiger partial charge in [0.05, 0.1) is 11.9 Å². The van der Waals surface area contributed by atoms with Gasteiger partial charge < -0.3 is 24.5 Å². The number of hydrogen-bond acceptors (Lipinski definition) is 4. The quantitative estimate of drug-likeness (QED) is 0.597. The number of furan rings is 1. The van der Waals surface area contributed by atoms with Gasteiger partial charge in [0, 0.05) is 44.9 Å². The fourth-order valence-corrected chi connectivity index (χ4v) is 4.79. The summed E-state index contributed by atoms with van der Waals surface area (Å²) in [5, 5.41) is 7.40. The molecule has 1 aromatic rings. The lowest BCUT2D eigenvalue weighted by molar-refractivity contribution is -0.107. The Morgan fingerprint density at radius 2 is 1.82 bits per heavy atom. The highest BCUT2D eigenvalue weighted by molar-refractivity contribution is 5.80. The number of nitrogens with one attached hydrogen (secondary N) is 2. The minimum atomic E-state index is 0.103. The van der Waals surface area contributed by atoms with E-state index in [0.29, 0.717) is 12.1 Å². The molecule has 3 fully saturated rings. The summed E-state index contributed by atoms with van der Waals surface area (Å²) < 4.78 is 17.2. The van der Waals surface area contributed by atoms with Gasteiger partial charge >= 0.3 is 0 Å². The van der Waals surface area contributed by atoms with Crippen molar-refractivity contribution >= 4 is 5.96 Å². The van der Waals surface area contributed by atoms with Gasteiger partial charge in [0.1, 0.15) is 5.76 Å². The fraction of sp³-hybridized carbons (Fsp3) is 0.773. The van der Waals surface area contributed by atoms with Gasteiger partial charge in [-0.25, -0.2) is 0 Å². The summed E-state index contributed by atoms with van der Waals surface area (Å²) in [7, 11) is 0. The molecule has 0 amide bonds. The second-order valence-corrected chi connectivity index (χ2v) is 8.52. The molecule has 1 saturated carbocycles. The second-order valence-electron chi connectivity index (χ2n) is 8.52. The minimum absolute atomic E-state index is 0.103. The van der Waals surface area contributed by atoms with E-state index in [-0.39, 0.29) is 5.60 Å². The topological polar surface area (TPSA) is 68.0 Å². The number of aliphatic imine (C=N–C) groups is 1. The second kappa shape index (κ2) is 9.79. The third-order valence-electron chi connectivity index (χ3n) is 6.37. The lowest BCUT2D eigenvalue weighted by Gasteiger charge is -2.44.